The number of hydrogen-bond donors (Lipinski definition) is 1. The van der Waals surface area contributed by atoms with E-state index in [-0.39, 0.29) is 0 Å². The standard InChI is InChI=1S/C22H31NOS/c1-4-10-23(11-9-17(3)22-12-16(2)15-25-22)20-7-5-18-6-8-21(24)14-19(18)13-20/h6,8,12,14-15,17,20,24H,4-5,7,9-11,13H2,1-3H3. The molecule has 136 valence electrons. The summed E-state index contributed by atoms with van der Waals surface area (Å²) in [6.45, 7) is 9.18. The normalized spacial score (nSPS) is 18.3. The number of thiophene rings is 1. The van der Waals surface area contributed by atoms with Crippen LogP contribution in [0.5, 0.6) is 5.75 Å². The number of rotatable bonds is 7. The molecule has 3 rings (SSSR count). The summed E-state index contributed by atoms with van der Waals surface area (Å²) < 4.78 is 0. The summed E-state index contributed by atoms with van der Waals surface area (Å²) in [5.41, 5.74) is 4.16. The third kappa shape index (κ3) is 4.65. The van der Waals surface area contributed by atoms with Gasteiger partial charge < -0.3 is 10.0 Å². The van der Waals surface area contributed by atoms with Gasteiger partial charge in [-0.15, -0.1) is 11.3 Å². The van der Waals surface area contributed by atoms with E-state index < -0.39 is 0 Å². The third-order valence-corrected chi connectivity index (χ3v) is 6.79. The van der Waals surface area contributed by atoms with E-state index in [2.05, 4.69) is 43.2 Å². The van der Waals surface area contributed by atoms with Gasteiger partial charge in [0, 0.05) is 10.9 Å². The van der Waals surface area contributed by atoms with Crippen LogP contribution in [0.3, 0.4) is 0 Å². The second kappa shape index (κ2) is 8.37. The van der Waals surface area contributed by atoms with Gasteiger partial charge >= 0.3 is 0 Å². The van der Waals surface area contributed by atoms with Crippen LogP contribution < -0.4 is 0 Å². The molecule has 1 heterocycles. The molecule has 0 saturated carbocycles. The molecular formula is C22H31NOS. The molecular weight excluding hydrogens is 326 g/mol. The van der Waals surface area contributed by atoms with E-state index >= 15 is 0 Å². The highest BCUT2D eigenvalue weighted by molar-refractivity contribution is 7.10. The number of fused-ring (bicyclic) bond motifs is 1. The Balaban J connectivity index is 1.63. The molecule has 0 radical (unpaired) electrons. The van der Waals surface area contributed by atoms with Gasteiger partial charge in [-0.2, -0.15) is 0 Å². The van der Waals surface area contributed by atoms with Crippen molar-refractivity contribution in [2.75, 3.05) is 13.1 Å². The molecule has 1 N–H and O–H groups in total. The molecule has 0 saturated heterocycles. The Hall–Kier alpha value is -1.32. The topological polar surface area (TPSA) is 23.5 Å². The van der Waals surface area contributed by atoms with E-state index in [1.54, 1.807) is 0 Å². The van der Waals surface area contributed by atoms with Crippen LogP contribution in [0.25, 0.3) is 0 Å². The molecule has 2 atom stereocenters. The van der Waals surface area contributed by atoms with Gasteiger partial charge in [0.1, 0.15) is 5.75 Å². The van der Waals surface area contributed by atoms with Gasteiger partial charge in [0.2, 0.25) is 0 Å². The maximum Gasteiger partial charge on any atom is 0.115 e. The molecule has 2 unspecified atom stereocenters. The van der Waals surface area contributed by atoms with Crippen LogP contribution in [0, 0.1) is 6.92 Å². The summed E-state index contributed by atoms with van der Waals surface area (Å²) in [5.74, 6) is 1.04. The van der Waals surface area contributed by atoms with Crippen LogP contribution in [-0.2, 0) is 12.8 Å². The molecule has 1 aliphatic rings. The fourth-order valence-electron chi connectivity index (χ4n) is 4.01. The maximum absolute atomic E-state index is 9.81. The summed E-state index contributed by atoms with van der Waals surface area (Å²) >= 11 is 1.90. The van der Waals surface area contributed by atoms with Gasteiger partial charge in [-0.1, -0.05) is 19.9 Å². The zero-order valence-corrected chi connectivity index (χ0v) is 16.6. The minimum absolute atomic E-state index is 0.406. The van der Waals surface area contributed by atoms with Gasteiger partial charge in [0.15, 0.2) is 0 Å². The third-order valence-electron chi connectivity index (χ3n) is 5.51. The Morgan fingerprint density at radius 3 is 2.80 bits per heavy atom. The summed E-state index contributed by atoms with van der Waals surface area (Å²) in [5, 5.41) is 12.1. The predicted molar refractivity (Wildman–Crippen MR) is 108 cm³/mol. The highest BCUT2D eigenvalue weighted by Crippen LogP contribution is 2.30. The van der Waals surface area contributed by atoms with E-state index in [1.807, 2.05) is 23.5 Å². The summed E-state index contributed by atoms with van der Waals surface area (Å²) in [6, 6.07) is 8.87. The van der Waals surface area contributed by atoms with Crippen LogP contribution in [0.2, 0.25) is 0 Å². The minimum atomic E-state index is 0.406. The fraction of sp³-hybridized carbons (Fsp3) is 0.545. The number of aromatic hydroxyl groups is 1. The number of hydrogen-bond acceptors (Lipinski definition) is 3. The first-order valence-corrected chi connectivity index (χ1v) is 10.5. The molecule has 1 aromatic heterocycles. The molecule has 2 aromatic rings. The Morgan fingerprint density at radius 2 is 2.08 bits per heavy atom. The van der Waals surface area contributed by atoms with Gasteiger partial charge in [-0.05, 0) is 98.3 Å². The molecule has 0 aliphatic heterocycles. The lowest BCUT2D eigenvalue weighted by Crippen LogP contribution is -2.40. The molecule has 2 nitrogen and oxygen atoms in total. The molecule has 0 spiro atoms. The van der Waals surface area contributed by atoms with Crippen LogP contribution >= 0.6 is 11.3 Å². The molecule has 3 heteroatoms. The molecule has 25 heavy (non-hydrogen) atoms. The van der Waals surface area contributed by atoms with E-state index in [0.29, 0.717) is 17.7 Å². The van der Waals surface area contributed by atoms with Crippen LogP contribution in [0.1, 0.15) is 60.6 Å². The first-order chi connectivity index (χ1) is 12.1. The van der Waals surface area contributed by atoms with Gasteiger partial charge in [0.05, 0.1) is 0 Å². The summed E-state index contributed by atoms with van der Waals surface area (Å²) in [6.07, 6.45) is 5.89. The number of benzene rings is 1. The van der Waals surface area contributed by atoms with E-state index in [4.69, 9.17) is 0 Å². The molecule has 1 aliphatic carbocycles. The van der Waals surface area contributed by atoms with Crippen molar-refractivity contribution >= 4 is 11.3 Å². The quantitative estimate of drug-likeness (QED) is 0.705. The largest absolute Gasteiger partial charge is 0.508 e. The first-order valence-electron chi connectivity index (χ1n) is 9.66. The summed E-state index contributed by atoms with van der Waals surface area (Å²) in [4.78, 5) is 4.22. The second-order valence-electron chi connectivity index (χ2n) is 7.60. The van der Waals surface area contributed by atoms with Gasteiger partial charge in [0.25, 0.3) is 0 Å². The van der Waals surface area contributed by atoms with Crippen molar-refractivity contribution in [2.24, 2.45) is 0 Å². The lowest BCUT2D eigenvalue weighted by atomic mass is 9.87. The maximum atomic E-state index is 9.81. The van der Waals surface area contributed by atoms with E-state index in [0.717, 1.165) is 12.8 Å². The molecule has 0 bridgehead atoms. The Morgan fingerprint density at radius 1 is 1.24 bits per heavy atom. The number of nitrogens with zero attached hydrogens (tertiary/aromatic N) is 1. The average Bonchev–Trinajstić information content (AvgIpc) is 3.04. The van der Waals surface area contributed by atoms with Crippen LogP contribution in [0.4, 0.5) is 0 Å². The summed E-state index contributed by atoms with van der Waals surface area (Å²) in [7, 11) is 0. The van der Waals surface area contributed by atoms with Crippen molar-refractivity contribution in [3.05, 3.63) is 51.2 Å². The SMILES string of the molecule is CCCN(CCC(C)c1cc(C)cs1)C1CCc2ccc(O)cc2C1. The van der Waals surface area contributed by atoms with Crippen molar-refractivity contribution < 1.29 is 5.11 Å². The lowest BCUT2D eigenvalue weighted by molar-refractivity contribution is 0.174. The molecule has 0 fully saturated rings. The Bertz CT molecular complexity index is 693. The Kier molecular flexibility index (Phi) is 6.19. The van der Waals surface area contributed by atoms with Crippen LogP contribution in [-0.4, -0.2) is 29.1 Å². The van der Waals surface area contributed by atoms with E-state index in [1.165, 1.54) is 53.9 Å². The van der Waals surface area contributed by atoms with Gasteiger partial charge in [-0.3, -0.25) is 0 Å². The second-order valence-corrected chi connectivity index (χ2v) is 8.54. The van der Waals surface area contributed by atoms with Crippen molar-refractivity contribution in [1.29, 1.82) is 0 Å². The van der Waals surface area contributed by atoms with Crippen molar-refractivity contribution in [1.82, 2.24) is 4.90 Å². The highest BCUT2D eigenvalue weighted by atomic mass is 32.1. The highest BCUT2D eigenvalue weighted by Gasteiger charge is 2.24. The number of phenolic OH excluding ortho intramolecular Hbond substituents is 1. The van der Waals surface area contributed by atoms with Crippen molar-refractivity contribution in [3.63, 3.8) is 0 Å². The van der Waals surface area contributed by atoms with E-state index in [9.17, 15) is 5.11 Å². The number of phenols is 1. The molecule has 0 amide bonds. The van der Waals surface area contributed by atoms with Crippen molar-refractivity contribution in [2.45, 2.75) is 64.8 Å². The average molecular weight is 358 g/mol. The lowest BCUT2D eigenvalue weighted by Gasteiger charge is -2.35. The predicted octanol–water partition coefficient (Wildman–Crippen LogP) is 5.53. The zero-order valence-electron chi connectivity index (χ0n) is 15.8. The smallest absolute Gasteiger partial charge is 0.115 e. The zero-order chi connectivity index (χ0) is 17.8. The molecule has 1 aromatic carbocycles. The monoisotopic (exact) mass is 357 g/mol. The van der Waals surface area contributed by atoms with Crippen molar-refractivity contribution in [3.8, 4) is 5.75 Å². The number of aryl methyl sites for hydroxylation is 2. The Labute approximate surface area is 156 Å². The van der Waals surface area contributed by atoms with Crippen LogP contribution in [0.15, 0.2) is 29.6 Å². The van der Waals surface area contributed by atoms with Gasteiger partial charge in [-0.25, -0.2) is 0 Å². The first kappa shape index (κ1) is 18.5. The minimum Gasteiger partial charge on any atom is -0.508 e. The fourth-order valence-corrected chi connectivity index (χ4v) is 5.01.